The van der Waals surface area contributed by atoms with Crippen LogP contribution < -0.4 is 15.2 Å². The molecule has 0 aliphatic rings. The molecule has 2 N–H and O–H groups in total. The predicted octanol–water partition coefficient (Wildman–Crippen LogP) is 0.689. The first-order valence-corrected chi connectivity index (χ1v) is 9.04. The van der Waals surface area contributed by atoms with Gasteiger partial charge in [0.05, 0.1) is 24.7 Å². The summed E-state index contributed by atoms with van der Waals surface area (Å²) in [4.78, 5) is 29.4. The van der Waals surface area contributed by atoms with Gasteiger partial charge in [-0.25, -0.2) is 4.68 Å². The largest absolute Gasteiger partial charge is 0.482 e. The summed E-state index contributed by atoms with van der Waals surface area (Å²) in [5.74, 6) is 0.303. The minimum atomic E-state index is -0.585. The molecule has 0 saturated heterocycles. The van der Waals surface area contributed by atoms with E-state index < -0.39 is 5.91 Å². The van der Waals surface area contributed by atoms with E-state index in [2.05, 4.69) is 20.3 Å². The molecular weight excluding hydrogens is 390 g/mol. The molecule has 3 aromatic rings. The Balaban J connectivity index is 2.01. The maximum Gasteiger partial charge on any atom is 0.274 e. The van der Waals surface area contributed by atoms with Crippen molar-refractivity contribution in [3.05, 3.63) is 42.2 Å². The van der Waals surface area contributed by atoms with Crippen LogP contribution in [0.5, 0.6) is 11.6 Å². The molecule has 0 aliphatic carbocycles. The molecule has 156 valence electrons. The summed E-state index contributed by atoms with van der Waals surface area (Å²) in [5, 5.41) is 12.5. The Hall–Kier alpha value is -4.02. The third kappa shape index (κ3) is 4.51. The van der Waals surface area contributed by atoms with Crippen molar-refractivity contribution in [1.82, 2.24) is 29.9 Å². The van der Waals surface area contributed by atoms with E-state index in [1.54, 1.807) is 42.3 Å². The van der Waals surface area contributed by atoms with Gasteiger partial charge in [-0.05, 0) is 31.2 Å². The molecule has 0 unspecified atom stereocenters. The molecule has 11 heteroatoms. The maximum atomic E-state index is 12.6. The number of carbonyl (C=O) groups excluding carboxylic acids is 2. The van der Waals surface area contributed by atoms with E-state index in [9.17, 15) is 9.59 Å². The summed E-state index contributed by atoms with van der Waals surface area (Å²) in [6.07, 6.45) is 1.45. The number of primary amides is 1. The van der Waals surface area contributed by atoms with Crippen LogP contribution in [0.4, 0.5) is 0 Å². The van der Waals surface area contributed by atoms with E-state index in [0.29, 0.717) is 35.4 Å². The number of amides is 2. The second-order valence-electron chi connectivity index (χ2n) is 6.21. The van der Waals surface area contributed by atoms with Crippen molar-refractivity contribution in [1.29, 1.82) is 0 Å². The van der Waals surface area contributed by atoms with Gasteiger partial charge < -0.3 is 20.1 Å². The van der Waals surface area contributed by atoms with Crippen LogP contribution in [0, 0.1) is 0 Å². The summed E-state index contributed by atoms with van der Waals surface area (Å²) in [5.41, 5.74) is 6.37. The van der Waals surface area contributed by atoms with E-state index in [1.165, 1.54) is 18.0 Å². The molecule has 0 aliphatic heterocycles. The number of nitrogens with zero attached hydrogens (tertiary/aromatic N) is 6. The number of rotatable bonds is 8. The second-order valence-corrected chi connectivity index (χ2v) is 6.21. The zero-order valence-corrected chi connectivity index (χ0v) is 16.8. The van der Waals surface area contributed by atoms with Gasteiger partial charge in [-0.2, -0.15) is 5.10 Å². The lowest BCUT2D eigenvalue weighted by molar-refractivity contribution is -0.119. The van der Waals surface area contributed by atoms with Crippen molar-refractivity contribution in [3.8, 4) is 28.8 Å². The smallest absolute Gasteiger partial charge is 0.274 e. The van der Waals surface area contributed by atoms with Crippen molar-refractivity contribution >= 4 is 11.8 Å². The first-order chi connectivity index (χ1) is 14.4. The molecule has 0 aromatic carbocycles. The lowest BCUT2D eigenvalue weighted by atomic mass is 10.2. The Bertz CT molecular complexity index is 1030. The Morgan fingerprint density at radius 2 is 2.00 bits per heavy atom. The zero-order chi connectivity index (χ0) is 21.7. The quantitative estimate of drug-likeness (QED) is 0.571. The van der Waals surface area contributed by atoms with Gasteiger partial charge in [0.15, 0.2) is 18.1 Å². The number of carbonyl (C=O) groups is 2. The fourth-order valence-electron chi connectivity index (χ4n) is 2.49. The SMILES string of the molecule is CCN(C)C(=O)c1cc(-c2ccc(OCC(N)=O)cn2)n(-c2ccc(OC)nn2)n1. The van der Waals surface area contributed by atoms with Crippen molar-refractivity contribution in [2.24, 2.45) is 5.73 Å². The van der Waals surface area contributed by atoms with Crippen molar-refractivity contribution in [2.45, 2.75) is 6.92 Å². The molecule has 3 aromatic heterocycles. The van der Waals surface area contributed by atoms with Gasteiger partial charge in [0.1, 0.15) is 5.75 Å². The monoisotopic (exact) mass is 411 g/mol. The number of hydrogen-bond donors (Lipinski definition) is 1. The standard InChI is InChI=1S/C19H21N7O4/c1-4-25(2)19(28)14-9-15(13-6-5-12(10-21-13)30-11-16(20)27)26(24-14)17-7-8-18(29-3)23-22-17/h5-10H,4,11H2,1-3H3,(H2,20,27). The Labute approximate surface area is 172 Å². The molecule has 0 spiro atoms. The number of ether oxygens (including phenoxy) is 2. The fraction of sp³-hybridized carbons (Fsp3) is 0.263. The number of hydrogen-bond acceptors (Lipinski definition) is 8. The van der Waals surface area contributed by atoms with Crippen molar-refractivity contribution in [2.75, 3.05) is 27.3 Å². The lowest BCUT2D eigenvalue weighted by Crippen LogP contribution is -2.26. The van der Waals surface area contributed by atoms with E-state index >= 15 is 0 Å². The Morgan fingerprint density at radius 3 is 2.57 bits per heavy atom. The molecule has 0 bridgehead atoms. The van der Waals surface area contributed by atoms with Gasteiger partial charge in [-0.1, -0.05) is 0 Å². The van der Waals surface area contributed by atoms with Crippen molar-refractivity contribution in [3.63, 3.8) is 0 Å². The summed E-state index contributed by atoms with van der Waals surface area (Å²) in [6.45, 7) is 2.16. The minimum absolute atomic E-state index is 0.236. The maximum absolute atomic E-state index is 12.6. The molecule has 0 atom stereocenters. The Kier molecular flexibility index (Phi) is 6.20. The van der Waals surface area contributed by atoms with E-state index in [1.807, 2.05) is 6.92 Å². The van der Waals surface area contributed by atoms with Crippen LogP contribution in [-0.4, -0.2) is 69.0 Å². The number of nitrogens with two attached hydrogens (primary N) is 1. The Morgan fingerprint density at radius 1 is 1.20 bits per heavy atom. The third-order valence-corrected chi connectivity index (χ3v) is 4.18. The van der Waals surface area contributed by atoms with E-state index in [4.69, 9.17) is 15.2 Å². The molecule has 30 heavy (non-hydrogen) atoms. The summed E-state index contributed by atoms with van der Waals surface area (Å²) < 4.78 is 11.8. The van der Waals surface area contributed by atoms with E-state index in [-0.39, 0.29) is 18.2 Å². The second kappa shape index (κ2) is 8.99. The van der Waals surface area contributed by atoms with Crippen LogP contribution >= 0.6 is 0 Å². The first kappa shape index (κ1) is 20.7. The van der Waals surface area contributed by atoms with Crippen LogP contribution in [-0.2, 0) is 4.79 Å². The molecule has 2 amide bonds. The third-order valence-electron chi connectivity index (χ3n) is 4.18. The van der Waals surface area contributed by atoms with E-state index in [0.717, 1.165) is 0 Å². The molecule has 0 saturated carbocycles. The highest BCUT2D eigenvalue weighted by atomic mass is 16.5. The fourth-order valence-corrected chi connectivity index (χ4v) is 2.49. The van der Waals surface area contributed by atoms with Gasteiger partial charge in [-0.3, -0.25) is 14.6 Å². The van der Waals surface area contributed by atoms with Gasteiger partial charge in [-0.15, -0.1) is 10.2 Å². The topological polar surface area (TPSA) is 138 Å². The summed E-state index contributed by atoms with van der Waals surface area (Å²) in [7, 11) is 3.18. The predicted molar refractivity (Wildman–Crippen MR) is 106 cm³/mol. The average molecular weight is 411 g/mol. The number of pyridine rings is 1. The molecule has 0 radical (unpaired) electrons. The highest BCUT2D eigenvalue weighted by Crippen LogP contribution is 2.24. The highest BCUT2D eigenvalue weighted by Gasteiger charge is 2.20. The zero-order valence-electron chi connectivity index (χ0n) is 16.8. The number of aromatic nitrogens is 5. The molecular formula is C19H21N7O4. The first-order valence-electron chi connectivity index (χ1n) is 9.04. The lowest BCUT2D eigenvalue weighted by Gasteiger charge is -2.11. The van der Waals surface area contributed by atoms with Crippen LogP contribution in [0.15, 0.2) is 36.5 Å². The van der Waals surface area contributed by atoms with Crippen LogP contribution in [0.3, 0.4) is 0 Å². The van der Waals surface area contributed by atoms with Gasteiger partial charge in [0.2, 0.25) is 5.88 Å². The molecule has 11 nitrogen and oxygen atoms in total. The molecule has 3 heterocycles. The summed E-state index contributed by atoms with van der Waals surface area (Å²) >= 11 is 0. The number of methoxy groups -OCH3 is 1. The van der Waals surface area contributed by atoms with Gasteiger partial charge in [0.25, 0.3) is 11.8 Å². The van der Waals surface area contributed by atoms with Gasteiger partial charge >= 0.3 is 0 Å². The highest BCUT2D eigenvalue weighted by molar-refractivity contribution is 5.93. The molecule has 0 fully saturated rings. The van der Waals surface area contributed by atoms with Gasteiger partial charge in [0, 0.05) is 19.7 Å². The van der Waals surface area contributed by atoms with Crippen molar-refractivity contribution < 1.29 is 19.1 Å². The van der Waals surface area contributed by atoms with Crippen LogP contribution in [0.1, 0.15) is 17.4 Å². The minimum Gasteiger partial charge on any atom is -0.482 e. The normalized spacial score (nSPS) is 10.5. The average Bonchev–Trinajstić information content (AvgIpc) is 3.22. The summed E-state index contributed by atoms with van der Waals surface area (Å²) in [6, 6.07) is 8.26. The molecule has 3 rings (SSSR count). The van der Waals surface area contributed by atoms with Crippen LogP contribution in [0.2, 0.25) is 0 Å². The van der Waals surface area contributed by atoms with Crippen LogP contribution in [0.25, 0.3) is 17.2 Å².